The first-order chi connectivity index (χ1) is 10.0. The van der Waals surface area contributed by atoms with Crippen LogP contribution in [0, 0.1) is 20.8 Å². The van der Waals surface area contributed by atoms with Crippen molar-refractivity contribution in [2.45, 2.75) is 33.9 Å². The van der Waals surface area contributed by atoms with Crippen molar-refractivity contribution >= 4 is 11.7 Å². The smallest absolute Gasteiger partial charge is 0.316 e. The zero-order valence-electron chi connectivity index (χ0n) is 12.7. The molecule has 1 N–H and O–H groups in total. The highest BCUT2D eigenvalue weighted by atomic mass is 16.2. The number of fused-ring (bicyclic) bond motifs is 1. The van der Waals surface area contributed by atoms with Gasteiger partial charge in [-0.1, -0.05) is 42.0 Å². The van der Waals surface area contributed by atoms with Gasteiger partial charge in [-0.25, -0.2) is 4.79 Å². The van der Waals surface area contributed by atoms with Crippen LogP contribution in [-0.4, -0.2) is 10.9 Å². The van der Waals surface area contributed by atoms with Crippen LogP contribution < -0.4 is 5.32 Å². The lowest BCUT2D eigenvalue weighted by molar-refractivity contribution is 0.212. The van der Waals surface area contributed by atoms with Crippen molar-refractivity contribution < 1.29 is 4.79 Å². The summed E-state index contributed by atoms with van der Waals surface area (Å²) in [6.45, 7) is 7.52. The maximum Gasteiger partial charge on any atom is 0.322 e. The molecule has 0 aromatic heterocycles. The third kappa shape index (κ3) is 2.64. The van der Waals surface area contributed by atoms with Crippen LogP contribution in [0.1, 0.15) is 27.8 Å². The fraction of sp³-hybridized carbons (Fsp3) is 0.278. The summed E-state index contributed by atoms with van der Waals surface area (Å²) in [5.41, 5.74) is 6.85. The molecule has 0 aliphatic carbocycles. The van der Waals surface area contributed by atoms with Gasteiger partial charge in [0.05, 0.1) is 0 Å². The van der Waals surface area contributed by atoms with Crippen LogP contribution >= 0.6 is 0 Å². The van der Waals surface area contributed by atoms with E-state index in [1.807, 2.05) is 30.9 Å². The monoisotopic (exact) mass is 280 g/mol. The van der Waals surface area contributed by atoms with Crippen LogP contribution in [-0.2, 0) is 13.1 Å². The molecule has 2 aromatic carbocycles. The van der Waals surface area contributed by atoms with Gasteiger partial charge in [0, 0.05) is 18.8 Å². The van der Waals surface area contributed by atoms with E-state index in [2.05, 4.69) is 36.5 Å². The molecule has 1 aliphatic heterocycles. The molecule has 108 valence electrons. The quantitative estimate of drug-likeness (QED) is 0.835. The number of nitrogens with zero attached hydrogens (tertiary/aromatic N) is 1. The van der Waals surface area contributed by atoms with Gasteiger partial charge in [-0.2, -0.15) is 0 Å². The summed E-state index contributed by atoms with van der Waals surface area (Å²) >= 11 is 0. The van der Waals surface area contributed by atoms with E-state index in [1.165, 1.54) is 16.7 Å². The Morgan fingerprint density at radius 1 is 1.00 bits per heavy atom. The normalized spacial score (nSPS) is 13.2. The van der Waals surface area contributed by atoms with Crippen molar-refractivity contribution in [2.75, 3.05) is 5.32 Å². The van der Waals surface area contributed by atoms with Gasteiger partial charge >= 0.3 is 6.03 Å². The Hall–Kier alpha value is -2.29. The highest BCUT2D eigenvalue weighted by molar-refractivity contribution is 5.91. The summed E-state index contributed by atoms with van der Waals surface area (Å²) in [6, 6.07) is 12.4. The lowest BCUT2D eigenvalue weighted by Crippen LogP contribution is -2.30. The zero-order chi connectivity index (χ0) is 15.0. The number of anilines is 1. The van der Waals surface area contributed by atoms with Crippen LogP contribution in [0.25, 0.3) is 0 Å². The van der Waals surface area contributed by atoms with Gasteiger partial charge in [-0.3, -0.25) is 0 Å². The summed E-state index contributed by atoms with van der Waals surface area (Å²) in [4.78, 5) is 14.3. The van der Waals surface area contributed by atoms with Crippen LogP contribution in [0.2, 0.25) is 0 Å². The number of amides is 2. The number of carbonyl (C=O) groups excluding carboxylic acids is 1. The fourth-order valence-electron chi connectivity index (χ4n) is 3.04. The summed E-state index contributed by atoms with van der Waals surface area (Å²) in [5.74, 6) is 0. The van der Waals surface area contributed by atoms with Crippen molar-refractivity contribution in [3.63, 3.8) is 0 Å². The minimum atomic E-state index is -0.0266. The Morgan fingerprint density at radius 3 is 2.05 bits per heavy atom. The Kier molecular flexibility index (Phi) is 3.42. The number of benzene rings is 2. The molecular formula is C18H20N2O. The number of carbonyl (C=O) groups is 1. The molecule has 2 aromatic rings. The molecule has 21 heavy (non-hydrogen) atoms. The van der Waals surface area contributed by atoms with Crippen molar-refractivity contribution in [1.82, 2.24) is 4.90 Å². The van der Waals surface area contributed by atoms with Gasteiger partial charge in [0.1, 0.15) is 0 Å². The van der Waals surface area contributed by atoms with Gasteiger partial charge in [-0.15, -0.1) is 0 Å². The Morgan fingerprint density at radius 2 is 1.52 bits per heavy atom. The first-order valence-electron chi connectivity index (χ1n) is 7.25. The SMILES string of the molecule is Cc1cc(C)c(NC(=O)N2Cc3ccccc3C2)c(C)c1. The molecule has 0 fully saturated rings. The third-order valence-electron chi connectivity index (χ3n) is 4.04. The molecule has 0 radical (unpaired) electrons. The molecule has 2 amide bonds. The second kappa shape index (κ2) is 5.24. The number of hydrogen-bond donors (Lipinski definition) is 1. The van der Waals surface area contributed by atoms with E-state index in [9.17, 15) is 4.79 Å². The molecule has 1 heterocycles. The van der Waals surface area contributed by atoms with Gasteiger partial charge < -0.3 is 10.2 Å². The number of nitrogens with one attached hydrogen (secondary N) is 1. The minimum absolute atomic E-state index is 0.0266. The molecule has 1 aliphatic rings. The average Bonchev–Trinajstić information content (AvgIpc) is 2.86. The van der Waals surface area contributed by atoms with Crippen LogP contribution in [0.15, 0.2) is 36.4 Å². The number of aryl methyl sites for hydroxylation is 3. The predicted octanol–water partition coefficient (Wildman–Crippen LogP) is 4.16. The first kappa shape index (κ1) is 13.7. The fourth-order valence-corrected chi connectivity index (χ4v) is 3.04. The lowest BCUT2D eigenvalue weighted by atomic mass is 10.1. The van der Waals surface area contributed by atoms with Crippen molar-refractivity contribution in [3.05, 3.63) is 64.2 Å². The third-order valence-corrected chi connectivity index (χ3v) is 4.04. The largest absolute Gasteiger partial charge is 0.322 e. The molecule has 0 bridgehead atoms. The Balaban J connectivity index is 1.77. The highest BCUT2D eigenvalue weighted by Gasteiger charge is 2.23. The van der Waals surface area contributed by atoms with E-state index in [1.54, 1.807) is 0 Å². The Labute approximate surface area is 125 Å². The standard InChI is InChI=1S/C18H20N2O/c1-12-8-13(2)17(14(3)9-12)19-18(21)20-10-15-6-4-5-7-16(15)11-20/h4-9H,10-11H2,1-3H3,(H,19,21). The van der Waals surface area contributed by atoms with Crippen LogP contribution in [0.5, 0.6) is 0 Å². The summed E-state index contributed by atoms with van der Waals surface area (Å²) in [5, 5.41) is 3.07. The molecular weight excluding hydrogens is 260 g/mol. The molecule has 0 saturated carbocycles. The van der Waals surface area contributed by atoms with E-state index in [-0.39, 0.29) is 6.03 Å². The van der Waals surface area contributed by atoms with Crippen molar-refractivity contribution in [3.8, 4) is 0 Å². The summed E-state index contributed by atoms with van der Waals surface area (Å²) in [6.07, 6.45) is 0. The number of urea groups is 1. The van der Waals surface area contributed by atoms with Gasteiger partial charge in [0.2, 0.25) is 0 Å². The molecule has 0 unspecified atom stereocenters. The molecule has 0 saturated heterocycles. The molecule has 3 rings (SSSR count). The van der Waals surface area contributed by atoms with Gasteiger partial charge in [0.25, 0.3) is 0 Å². The average molecular weight is 280 g/mol. The number of rotatable bonds is 1. The summed E-state index contributed by atoms with van der Waals surface area (Å²) in [7, 11) is 0. The van der Waals surface area contributed by atoms with E-state index >= 15 is 0 Å². The molecule has 3 nitrogen and oxygen atoms in total. The van der Waals surface area contributed by atoms with Crippen molar-refractivity contribution in [2.24, 2.45) is 0 Å². The maximum absolute atomic E-state index is 12.5. The molecule has 0 atom stereocenters. The maximum atomic E-state index is 12.5. The van der Waals surface area contributed by atoms with E-state index in [0.717, 1.165) is 16.8 Å². The van der Waals surface area contributed by atoms with E-state index in [0.29, 0.717) is 13.1 Å². The van der Waals surface area contributed by atoms with Crippen LogP contribution in [0.3, 0.4) is 0 Å². The number of hydrogen-bond acceptors (Lipinski definition) is 1. The summed E-state index contributed by atoms with van der Waals surface area (Å²) < 4.78 is 0. The highest BCUT2D eigenvalue weighted by Crippen LogP contribution is 2.25. The second-order valence-electron chi connectivity index (χ2n) is 5.83. The van der Waals surface area contributed by atoms with Crippen LogP contribution in [0.4, 0.5) is 10.5 Å². The molecule has 0 spiro atoms. The molecule has 3 heteroatoms. The lowest BCUT2D eigenvalue weighted by Gasteiger charge is -2.19. The minimum Gasteiger partial charge on any atom is -0.316 e. The second-order valence-corrected chi connectivity index (χ2v) is 5.83. The topological polar surface area (TPSA) is 32.3 Å². The zero-order valence-corrected chi connectivity index (χ0v) is 12.7. The van der Waals surface area contributed by atoms with Gasteiger partial charge in [0.15, 0.2) is 0 Å². The Bertz CT molecular complexity index is 658. The predicted molar refractivity (Wildman–Crippen MR) is 85.4 cm³/mol. The first-order valence-corrected chi connectivity index (χ1v) is 7.25. The van der Waals surface area contributed by atoms with Crippen molar-refractivity contribution in [1.29, 1.82) is 0 Å². The van der Waals surface area contributed by atoms with E-state index < -0.39 is 0 Å². The van der Waals surface area contributed by atoms with E-state index in [4.69, 9.17) is 0 Å². The van der Waals surface area contributed by atoms with Gasteiger partial charge in [-0.05, 0) is 43.0 Å².